The van der Waals surface area contributed by atoms with Gasteiger partial charge in [0.25, 0.3) is 5.91 Å². The molecule has 3 aromatic rings. The molecule has 0 saturated heterocycles. The normalized spacial score (nSPS) is 11.9. The zero-order chi connectivity index (χ0) is 24.1. The third-order valence-electron chi connectivity index (χ3n) is 5.81. The van der Waals surface area contributed by atoms with Gasteiger partial charge in [-0.05, 0) is 46.9 Å². The molecule has 0 unspecified atom stereocenters. The van der Waals surface area contributed by atoms with Crippen molar-refractivity contribution in [2.75, 3.05) is 25.0 Å². The van der Waals surface area contributed by atoms with E-state index in [1.807, 2.05) is 31.2 Å². The maximum Gasteiger partial charge on any atom is 0.411 e. The predicted molar refractivity (Wildman–Crippen MR) is 129 cm³/mol. The number of nitrogens with one attached hydrogen (secondary N) is 1. The lowest BCUT2D eigenvalue weighted by Gasteiger charge is -2.20. The van der Waals surface area contributed by atoms with Crippen molar-refractivity contribution < 1.29 is 24.2 Å². The topological polar surface area (TPSA) is 95.9 Å². The maximum absolute atomic E-state index is 12.8. The first kappa shape index (κ1) is 23.0. The summed E-state index contributed by atoms with van der Waals surface area (Å²) in [5.74, 6) is -1.53. The fourth-order valence-corrected chi connectivity index (χ4v) is 4.35. The summed E-state index contributed by atoms with van der Waals surface area (Å²) in [5.41, 5.74) is 5.24. The van der Waals surface area contributed by atoms with Crippen molar-refractivity contribution in [3.63, 3.8) is 0 Å². The van der Waals surface area contributed by atoms with Gasteiger partial charge in [0.15, 0.2) is 0 Å². The highest BCUT2D eigenvalue weighted by Crippen LogP contribution is 2.44. The van der Waals surface area contributed by atoms with Gasteiger partial charge in [-0.3, -0.25) is 14.9 Å². The Kier molecular flexibility index (Phi) is 6.92. The van der Waals surface area contributed by atoms with Gasteiger partial charge in [0.1, 0.15) is 13.2 Å². The molecule has 0 fully saturated rings. The summed E-state index contributed by atoms with van der Waals surface area (Å²) in [6, 6.07) is 22.6. The van der Waals surface area contributed by atoms with Crippen molar-refractivity contribution in [1.82, 2.24) is 4.90 Å². The molecule has 0 atom stereocenters. The second kappa shape index (κ2) is 10.2. The Morgan fingerprint density at radius 1 is 0.941 bits per heavy atom. The maximum atomic E-state index is 12.8. The van der Waals surface area contributed by atoms with E-state index in [4.69, 9.17) is 9.84 Å². The van der Waals surface area contributed by atoms with Crippen LogP contribution in [-0.4, -0.2) is 47.7 Å². The summed E-state index contributed by atoms with van der Waals surface area (Å²) in [4.78, 5) is 37.7. The van der Waals surface area contributed by atoms with Gasteiger partial charge in [0.2, 0.25) is 0 Å². The smallest absolute Gasteiger partial charge is 0.411 e. The minimum Gasteiger partial charge on any atom is -0.480 e. The number of ether oxygens (including phenoxy) is 1. The number of carboxylic acids is 1. The first-order valence-electron chi connectivity index (χ1n) is 11.2. The van der Waals surface area contributed by atoms with Gasteiger partial charge in [-0.15, -0.1) is 0 Å². The van der Waals surface area contributed by atoms with Gasteiger partial charge in [-0.2, -0.15) is 0 Å². The third kappa shape index (κ3) is 4.93. The van der Waals surface area contributed by atoms with Gasteiger partial charge in [-0.1, -0.05) is 61.5 Å². The molecule has 4 rings (SSSR count). The number of benzene rings is 3. The molecule has 174 valence electrons. The van der Waals surface area contributed by atoms with E-state index in [0.717, 1.165) is 22.3 Å². The number of carboxylic acid groups (broad SMARTS) is 1. The number of hydrogen-bond acceptors (Lipinski definition) is 4. The monoisotopic (exact) mass is 458 g/mol. The standard InChI is InChI=1S/C27H26N2O5/c1-2-14-29(16-25(30)31)26(32)18-8-7-9-19(15-18)28-27(33)34-17-24-22-12-5-3-10-20(22)21-11-4-6-13-23(21)24/h3-13,15,24H,2,14,16-17H2,1H3,(H,28,33)(H,30,31). The Bertz CT molecular complexity index is 1180. The van der Waals surface area contributed by atoms with E-state index in [-0.39, 0.29) is 19.1 Å². The Morgan fingerprint density at radius 2 is 1.59 bits per heavy atom. The van der Waals surface area contributed by atoms with Gasteiger partial charge >= 0.3 is 12.1 Å². The van der Waals surface area contributed by atoms with Crippen LogP contribution in [0.25, 0.3) is 11.1 Å². The fourth-order valence-electron chi connectivity index (χ4n) is 4.35. The zero-order valence-electron chi connectivity index (χ0n) is 18.9. The van der Waals surface area contributed by atoms with Crippen LogP contribution < -0.4 is 5.32 Å². The molecule has 2 amide bonds. The molecule has 1 aliphatic rings. The third-order valence-corrected chi connectivity index (χ3v) is 5.81. The molecule has 0 bridgehead atoms. The van der Waals surface area contributed by atoms with Crippen LogP contribution in [0, 0.1) is 0 Å². The molecule has 34 heavy (non-hydrogen) atoms. The number of hydrogen-bond donors (Lipinski definition) is 2. The van der Waals surface area contributed by atoms with Gasteiger partial charge in [0.05, 0.1) is 0 Å². The average molecular weight is 459 g/mol. The van der Waals surface area contributed by atoms with E-state index in [0.29, 0.717) is 24.2 Å². The minimum absolute atomic E-state index is 0.0512. The van der Waals surface area contributed by atoms with Gasteiger partial charge in [0, 0.05) is 23.7 Å². The molecular weight excluding hydrogens is 432 g/mol. The molecule has 0 aliphatic heterocycles. The van der Waals surface area contributed by atoms with Crippen molar-refractivity contribution in [1.29, 1.82) is 0 Å². The number of amides is 2. The largest absolute Gasteiger partial charge is 0.480 e. The van der Waals surface area contributed by atoms with Crippen LogP contribution in [0.4, 0.5) is 10.5 Å². The summed E-state index contributed by atoms with van der Waals surface area (Å²) >= 11 is 0. The molecule has 7 nitrogen and oxygen atoms in total. The fraction of sp³-hybridized carbons (Fsp3) is 0.222. The first-order chi connectivity index (χ1) is 16.5. The Balaban J connectivity index is 1.42. The van der Waals surface area contributed by atoms with Gasteiger partial charge < -0.3 is 14.7 Å². The van der Waals surface area contributed by atoms with E-state index >= 15 is 0 Å². The highest BCUT2D eigenvalue weighted by molar-refractivity contribution is 5.97. The summed E-state index contributed by atoms with van der Waals surface area (Å²) in [7, 11) is 0. The molecule has 1 aliphatic carbocycles. The second-order valence-electron chi connectivity index (χ2n) is 8.15. The number of carbonyl (C=O) groups is 3. The molecule has 0 radical (unpaired) electrons. The van der Waals surface area contributed by atoms with Crippen molar-refractivity contribution in [2.24, 2.45) is 0 Å². The Morgan fingerprint density at radius 3 is 2.21 bits per heavy atom. The summed E-state index contributed by atoms with van der Waals surface area (Å²) in [6.07, 6.45) is 0.0129. The molecule has 0 saturated carbocycles. The van der Waals surface area contributed by atoms with Gasteiger partial charge in [-0.25, -0.2) is 4.79 Å². The summed E-state index contributed by atoms with van der Waals surface area (Å²) < 4.78 is 5.56. The SMILES string of the molecule is CCCN(CC(=O)O)C(=O)c1cccc(NC(=O)OCC2c3ccccc3-c3ccccc32)c1. The predicted octanol–water partition coefficient (Wildman–Crippen LogP) is 4.98. The Labute approximate surface area is 198 Å². The van der Waals surface area contributed by atoms with E-state index in [2.05, 4.69) is 29.6 Å². The second-order valence-corrected chi connectivity index (χ2v) is 8.15. The molecule has 0 aromatic heterocycles. The number of nitrogens with zero attached hydrogens (tertiary/aromatic N) is 1. The number of fused-ring (bicyclic) bond motifs is 3. The number of aliphatic carboxylic acids is 1. The van der Waals surface area contributed by atoms with Crippen LogP contribution in [-0.2, 0) is 9.53 Å². The van der Waals surface area contributed by atoms with Crippen LogP contribution in [0.1, 0.15) is 40.7 Å². The van der Waals surface area contributed by atoms with E-state index in [1.165, 1.54) is 11.0 Å². The molecule has 0 heterocycles. The van der Waals surface area contributed by atoms with Crippen LogP contribution in [0.5, 0.6) is 0 Å². The highest BCUT2D eigenvalue weighted by atomic mass is 16.5. The van der Waals surface area contributed by atoms with Crippen molar-refractivity contribution >= 4 is 23.7 Å². The molecule has 2 N–H and O–H groups in total. The number of rotatable bonds is 8. The highest BCUT2D eigenvalue weighted by Gasteiger charge is 2.29. The van der Waals surface area contributed by atoms with E-state index < -0.39 is 18.0 Å². The lowest BCUT2D eigenvalue weighted by Crippen LogP contribution is -2.36. The van der Waals surface area contributed by atoms with E-state index in [1.54, 1.807) is 18.2 Å². The number of carbonyl (C=O) groups excluding carboxylic acids is 2. The van der Waals surface area contributed by atoms with Crippen LogP contribution in [0.3, 0.4) is 0 Å². The quantitative estimate of drug-likeness (QED) is 0.496. The lowest BCUT2D eigenvalue weighted by molar-refractivity contribution is -0.137. The molecule has 0 spiro atoms. The van der Waals surface area contributed by atoms with E-state index in [9.17, 15) is 14.4 Å². The zero-order valence-corrected chi connectivity index (χ0v) is 18.9. The number of anilines is 1. The van der Waals surface area contributed by atoms with Crippen LogP contribution >= 0.6 is 0 Å². The van der Waals surface area contributed by atoms with Crippen LogP contribution in [0.2, 0.25) is 0 Å². The summed E-state index contributed by atoms with van der Waals surface area (Å²) in [6.45, 7) is 2.00. The first-order valence-corrected chi connectivity index (χ1v) is 11.2. The van der Waals surface area contributed by atoms with Crippen molar-refractivity contribution in [2.45, 2.75) is 19.3 Å². The summed E-state index contributed by atoms with van der Waals surface area (Å²) in [5, 5.41) is 11.8. The Hall–Kier alpha value is -4.13. The van der Waals surface area contributed by atoms with Crippen molar-refractivity contribution in [3.8, 4) is 11.1 Å². The molecule has 7 heteroatoms. The van der Waals surface area contributed by atoms with Crippen molar-refractivity contribution in [3.05, 3.63) is 89.5 Å². The lowest BCUT2D eigenvalue weighted by atomic mass is 9.98. The van der Waals surface area contributed by atoms with Crippen LogP contribution in [0.15, 0.2) is 72.8 Å². The molecule has 3 aromatic carbocycles. The minimum atomic E-state index is -1.07. The average Bonchev–Trinajstić information content (AvgIpc) is 3.16. The molecular formula is C27H26N2O5.